The van der Waals surface area contributed by atoms with Gasteiger partial charge in [-0.25, -0.2) is 13.2 Å². The molecule has 0 heterocycles. The molecule has 1 atom stereocenters. The predicted octanol–water partition coefficient (Wildman–Crippen LogP) is 4.37. The lowest BCUT2D eigenvalue weighted by molar-refractivity contribution is -0.141. The second-order valence-electron chi connectivity index (χ2n) is 7.03. The van der Waals surface area contributed by atoms with Crippen LogP contribution in [0.15, 0.2) is 30.3 Å². The molecule has 1 N–H and O–H groups in total. The van der Waals surface area contributed by atoms with Crippen LogP contribution in [-0.4, -0.2) is 37.9 Å². The van der Waals surface area contributed by atoms with Crippen LogP contribution in [0.3, 0.4) is 0 Å². The maximum atomic E-state index is 13.8. The third-order valence-corrected chi connectivity index (χ3v) is 4.67. The van der Waals surface area contributed by atoms with Crippen LogP contribution < -0.4 is 10.1 Å². The Morgan fingerprint density at radius 1 is 0.824 bits per heavy atom. The Kier molecular flexibility index (Phi) is 10.4. The first-order chi connectivity index (χ1) is 16.2. The van der Waals surface area contributed by atoms with Crippen molar-refractivity contribution >= 4 is 11.9 Å². The van der Waals surface area contributed by atoms with Gasteiger partial charge in [-0.15, -0.1) is 0 Å². The Balaban J connectivity index is 2.14. The molecule has 0 radical (unpaired) electrons. The van der Waals surface area contributed by atoms with Gasteiger partial charge in [0, 0.05) is 25.6 Å². The van der Waals surface area contributed by atoms with Crippen LogP contribution in [-0.2, 0) is 19.1 Å². The number of rotatable bonds is 12. The number of amides is 1. The minimum absolute atomic E-state index is 0.0387. The Bertz CT molecular complexity index is 954. The first kappa shape index (κ1) is 27.2. The molecule has 2 aromatic carbocycles. The summed E-state index contributed by atoms with van der Waals surface area (Å²) in [6.45, 7) is 4.27. The van der Waals surface area contributed by atoms with E-state index in [1.165, 1.54) is 0 Å². The van der Waals surface area contributed by atoms with E-state index in [2.05, 4.69) is 10.1 Å². The average molecular weight is 489 g/mol. The summed E-state index contributed by atoms with van der Waals surface area (Å²) in [5.74, 6) is -15.7. The second-order valence-corrected chi connectivity index (χ2v) is 7.03. The topological polar surface area (TPSA) is 73.9 Å². The van der Waals surface area contributed by atoms with Crippen molar-refractivity contribution in [2.24, 2.45) is 0 Å². The van der Waals surface area contributed by atoms with Crippen molar-refractivity contribution in [2.45, 2.75) is 38.9 Å². The lowest BCUT2D eigenvalue weighted by atomic mass is 9.92. The normalized spacial score (nSPS) is 12.0. The third kappa shape index (κ3) is 7.22. The van der Waals surface area contributed by atoms with Crippen LogP contribution >= 0.6 is 0 Å². The van der Waals surface area contributed by atoms with E-state index in [9.17, 15) is 31.5 Å². The molecule has 0 aliphatic carbocycles. The van der Waals surface area contributed by atoms with Crippen LogP contribution in [0.5, 0.6) is 5.75 Å². The summed E-state index contributed by atoms with van der Waals surface area (Å²) in [7, 11) is 0. The Hall–Kier alpha value is -3.05. The highest BCUT2D eigenvalue weighted by Crippen LogP contribution is 2.31. The van der Waals surface area contributed by atoms with E-state index < -0.39 is 65.3 Å². The van der Waals surface area contributed by atoms with Gasteiger partial charge in [-0.2, -0.15) is 8.78 Å². The van der Waals surface area contributed by atoms with Gasteiger partial charge >= 0.3 is 5.97 Å². The summed E-state index contributed by atoms with van der Waals surface area (Å²) in [6, 6.07) is 8.23. The van der Waals surface area contributed by atoms with E-state index in [-0.39, 0.29) is 13.0 Å². The number of nitrogens with one attached hydrogen (secondary N) is 1. The van der Waals surface area contributed by atoms with Crippen molar-refractivity contribution in [1.29, 1.82) is 0 Å². The third-order valence-electron chi connectivity index (χ3n) is 4.67. The summed E-state index contributed by atoms with van der Waals surface area (Å²) in [4.78, 5) is 24.8. The first-order valence-corrected chi connectivity index (χ1v) is 10.5. The molecule has 0 aliphatic heterocycles. The van der Waals surface area contributed by atoms with Crippen molar-refractivity contribution in [1.82, 2.24) is 5.32 Å². The fraction of sp³-hybridized carbons (Fsp3) is 0.391. The molecule has 0 aromatic heterocycles. The van der Waals surface area contributed by atoms with Gasteiger partial charge in [0.2, 0.25) is 40.7 Å². The number of ether oxygens (including phenoxy) is 3. The quantitative estimate of drug-likeness (QED) is 0.120. The fourth-order valence-electron chi connectivity index (χ4n) is 3.10. The molecule has 1 amide bonds. The average Bonchev–Trinajstić information content (AvgIpc) is 2.83. The molecule has 1 unspecified atom stereocenters. The van der Waals surface area contributed by atoms with Gasteiger partial charge in [-0.3, -0.25) is 9.59 Å². The highest BCUT2D eigenvalue weighted by atomic mass is 19.2. The molecule has 0 fully saturated rings. The Morgan fingerprint density at radius 2 is 1.35 bits per heavy atom. The zero-order chi connectivity index (χ0) is 25.3. The molecule has 0 bridgehead atoms. The lowest BCUT2D eigenvalue weighted by Gasteiger charge is -2.20. The Labute approximate surface area is 193 Å². The van der Waals surface area contributed by atoms with Gasteiger partial charge < -0.3 is 19.5 Å². The van der Waals surface area contributed by atoms with E-state index in [1.807, 2.05) is 0 Å². The summed E-state index contributed by atoms with van der Waals surface area (Å²) < 4.78 is 82.8. The molecule has 0 aliphatic rings. The van der Waals surface area contributed by atoms with Crippen LogP contribution in [0.2, 0.25) is 0 Å². The number of benzene rings is 2. The molecule has 0 saturated heterocycles. The molecule has 0 spiro atoms. The standard InChI is InChI=1S/C23H24F5NO5/c1-3-32-17(33-4-2)12-29-15(30)10-14(13-8-6-5-7-9-13)11-16(31)34-23-21(27)19(25)18(24)20(26)22(23)28/h5-9,14,17H,3-4,10-12H2,1-2H3,(H,29,30). The number of hydrogen-bond acceptors (Lipinski definition) is 5. The van der Waals surface area contributed by atoms with Crippen molar-refractivity contribution < 1.29 is 45.8 Å². The van der Waals surface area contributed by atoms with E-state index in [0.717, 1.165) is 0 Å². The SMILES string of the molecule is CCOC(CNC(=O)CC(CC(=O)Oc1c(F)c(F)c(F)c(F)c1F)c1ccccc1)OCC. The van der Waals surface area contributed by atoms with Crippen LogP contribution in [0, 0.1) is 29.1 Å². The van der Waals surface area contributed by atoms with Gasteiger partial charge in [0.1, 0.15) is 0 Å². The smallest absolute Gasteiger partial charge is 0.312 e. The van der Waals surface area contributed by atoms with Crippen LogP contribution in [0.25, 0.3) is 0 Å². The highest BCUT2D eigenvalue weighted by molar-refractivity contribution is 5.79. The largest absolute Gasteiger partial charge is 0.420 e. The fourth-order valence-corrected chi connectivity index (χ4v) is 3.10. The molecule has 186 valence electrons. The molecular formula is C23H24F5NO5. The molecule has 34 heavy (non-hydrogen) atoms. The zero-order valence-electron chi connectivity index (χ0n) is 18.5. The van der Waals surface area contributed by atoms with Gasteiger partial charge in [-0.05, 0) is 19.4 Å². The first-order valence-electron chi connectivity index (χ1n) is 10.5. The van der Waals surface area contributed by atoms with Crippen molar-refractivity contribution in [3.63, 3.8) is 0 Å². The van der Waals surface area contributed by atoms with Gasteiger partial charge in [0.25, 0.3) is 0 Å². The van der Waals surface area contributed by atoms with Gasteiger partial charge in [0.05, 0.1) is 13.0 Å². The van der Waals surface area contributed by atoms with E-state index in [1.54, 1.807) is 44.2 Å². The maximum absolute atomic E-state index is 13.8. The molecule has 2 rings (SSSR count). The number of carbonyl (C=O) groups excluding carboxylic acids is 2. The number of hydrogen-bond donors (Lipinski definition) is 1. The van der Waals surface area contributed by atoms with Crippen LogP contribution in [0.4, 0.5) is 22.0 Å². The molecular weight excluding hydrogens is 465 g/mol. The van der Waals surface area contributed by atoms with E-state index in [4.69, 9.17) is 9.47 Å². The van der Waals surface area contributed by atoms with Crippen molar-refractivity contribution in [2.75, 3.05) is 19.8 Å². The molecule has 6 nitrogen and oxygen atoms in total. The van der Waals surface area contributed by atoms with Crippen molar-refractivity contribution in [3.05, 3.63) is 65.0 Å². The van der Waals surface area contributed by atoms with Crippen LogP contribution in [0.1, 0.15) is 38.2 Å². The monoisotopic (exact) mass is 489 g/mol. The molecule has 11 heteroatoms. The summed E-state index contributed by atoms with van der Waals surface area (Å²) in [6.07, 6.45) is -1.48. The maximum Gasteiger partial charge on any atom is 0.312 e. The second kappa shape index (κ2) is 13.0. The number of halogens is 5. The zero-order valence-corrected chi connectivity index (χ0v) is 18.5. The number of esters is 1. The minimum atomic E-state index is -2.37. The van der Waals surface area contributed by atoms with Crippen molar-refractivity contribution in [3.8, 4) is 5.75 Å². The summed E-state index contributed by atoms with van der Waals surface area (Å²) in [5.41, 5.74) is 0.526. The molecule has 2 aromatic rings. The van der Waals surface area contributed by atoms with Gasteiger partial charge in [-0.1, -0.05) is 30.3 Å². The summed E-state index contributed by atoms with van der Waals surface area (Å²) in [5, 5.41) is 2.61. The Morgan fingerprint density at radius 3 is 1.88 bits per heavy atom. The highest BCUT2D eigenvalue weighted by Gasteiger charge is 2.30. The number of carbonyl (C=O) groups is 2. The molecule has 0 saturated carbocycles. The van der Waals surface area contributed by atoms with E-state index in [0.29, 0.717) is 18.8 Å². The minimum Gasteiger partial charge on any atom is -0.420 e. The predicted molar refractivity (Wildman–Crippen MR) is 110 cm³/mol. The lowest BCUT2D eigenvalue weighted by Crippen LogP contribution is -2.36. The summed E-state index contributed by atoms with van der Waals surface area (Å²) >= 11 is 0. The van der Waals surface area contributed by atoms with Gasteiger partial charge in [0.15, 0.2) is 6.29 Å². The van der Waals surface area contributed by atoms with E-state index >= 15 is 0 Å².